The Morgan fingerprint density at radius 3 is 2.61 bits per heavy atom. The van der Waals surface area contributed by atoms with Crippen LogP contribution < -0.4 is 10.0 Å². The smallest absolute Gasteiger partial charge is 0.252 e. The molecule has 0 bridgehead atoms. The number of hydrogen-bond donors (Lipinski definition) is 1. The third-order valence-corrected chi connectivity index (χ3v) is 3.89. The first-order valence-corrected chi connectivity index (χ1v) is 6.90. The van der Waals surface area contributed by atoms with Gasteiger partial charge in [-0.05, 0) is 12.1 Å². The zero-order chi connectivity index (χ0) is 13.5. The number of anilines is 1. The third kappa shape index (κ3) is 2.04. The topological polar surface area (TPSA) is 93.6 Å². The van der Waals surface area contributed by atoms with Crippen molar-refractivity contribution in [1.82, 2.24) is 0 Å². The van der Waals surface area contributed by atoms with Gasteiger partial charge in [0.1, 0.15) is 11.8 Å². The van der Waals surface area contributed by atoms with Gasteiger partial charge in [0.05, 0.1) is 17.5 Å². The van der Waals surface area contributed by atoms with Crippen LogP contribution in [0.25, 0.3) is 11.0 Å². The minimum absolute atomic E-state index is 0.276. The molecule has 0 saturated heterocycles. The molecule has 18 heavy (non-hydrogen) atoms. The molecule has 96 valence electrons. The lowest BCUT2D eigenvalue weighted by molar-refractivity contribution is 0.100. The fraction of sp³-hybridized carbons (Fsp3) is 0.182. The van der Waals surface area contributed by atoms with Crippen molar-refractivity contribution in [2.24, 2.45) is 5.73 Å². The van der Waals surface area contributed by atoms with Crippen molar-refractivity contribution in [1.29, 1.82) is 0 Å². The van der Waals surface area contributed by atoms with Gasteiger partial charge in [-0.1, -0.05) is 0 Å². The minimum atomic E-state index is -3.33. The van der Waals surface area contributed by atoms with Crippen molar-refractivity contribution in [3.8, 4) is 0 Å². The van der Waals surface area contributed by atoms with Gasteiger partial charge in [-0.25, -0.2) is 8.42 Å². The van der Waals surface area contributed by atoms with Crippen LogP contribution in [0.5, 0.6) is 0 Å². The zero-order valence-electron chi connectivity index (χ0n) is 9.88. The Balaban J connectivity index is 2.56. The number of furan rings is 1. The fourth-order valence-corrected chi connectivity index (χ4v) is 2.09. The predicted octanol–water partition coefficient (Wildman–Crippen LogP) is 0.928. The molecule has 2 rings (SSSR count). The third-order valence-electron chi connectivity index (χ3n) is 2.69. The van der Waals surface area contributed by atoms with Crippen molar-refractivity contribution in [3.63, 3.8) is 0 Å². The molecule has 0 aliphatic heterocycles. The summed E-state index contributed by atoms with van der Waals surface area (Å²) in [6.07, 6.45) is 2.37. The van der Waals surface area contributed by atoms with Crippen LogP contribution in [0.15, 0.2) is 28.9 Å². The number of nitrogens with two attached hydrogens (primary N) is 1. The maximum absolute atomic E-state index is 11.4. The van der Waals surface area contributed by atoms with Gasteiger partial charge in [-0.2, -0.15) is 0 Å². The summed E-state index contributed by atoms with van der Waals surface area (Å²) in [6, 6.07) is 4.74. The quantitative estimate of drug-likeness (QED) is 0.895. The van der Waals surface area contributed by atoms with Gasteiger partial charge in [0, 0.05) is 18.5 Å². The number of amides is 1. The van der Waals surface area contributed by atoms with E-state index in [2.05, 4.69) is 0 Å². The van der Waals surface area contributed by atoms with Crippen LogP contribution in [-0.2, 0) is 10.0 Å². The number of nitrogens with zero attached hydrogens (tertiary/aromatic N) is 1. The van der Waals surface area contributed by atoms with Crippen molar-refractivity contribution < 1.29 is 17.6 Å². The van der Waals surface area contributed by atoms with Crippen LogP contribution in [0.4, 0.5) is 5.69 Å². The van der Waals surface area contributed by atoms with E-state index < -0.39 is 15.9 Å². The molecule has 1 aromatic heterocycles. The number of carbonyl (C=O) groups excluding carboxylic acids is 1. The number of rotatable bonds is 3. The number of benzene rings is 1. The summed E-state index contributed by atoms with van der Waals surface area (Å²) in [5.41, 5.74) is 6.33. The maximum Gasteiger partial charge on any atom is 0.252 e. The molecule has 0 spiro atoms. The molecule has 0 fully saturated rings. The fourth-order valence-electron chi connectivity index (χ4n) is 1.60. The van der Waals surface area contributed by atoms with Crippen LogP contribution in [0, 0.1) is 0 Å². The Morgan fingerprint density at radius 2 is 2.06 bits per heavy atom. The van der Waals surface area contributed by atoms with Gasteiger partial charge < -0.3 is 10.2 Å². The number of fused-ring (bicyclic) bond motifs is 1. The Bertz CT molecular complexity index is 718. The van der Waals surface area contributed by atoms with E-state index in [9.17, 15) is 13.2 Å². The highest BCUT2D eigenvalue weighted by Gasteiger charge is 2.15. The molecule has 2 N–H and O–H groups in total. The molecule has 0 radical (unpaired) electrons. The second-order valence-corrected chi connectivity index (χ2v) is 5.94. The lowest BCUT2D eigenvalue weighted by Gasteiger charge is -2.16. The second kappa shape index (κ2) is 4.02. The molecular weight excluding hydrogens is 256 g/mol. The molecule has 1 amide bonds. The van der Waals surface area contributed by atoms with E-state index >= 15 is 0 Å². The average Bonchev–Trinajstić information content (AvgIpc) is 2.69. The van der Waals surface area contributed by atoms with E-state index in [0.29, 0.717) is 16.7 Å². The first kappa shape index (κ1) is 12.4. The Kier molecular flexibility index (Phi) is 2.78. The summed E-state index contributed by atoms with van der Waals surface area (Å²) in [4.78, 5) is 11.1. The SMILES string of the molecule is CN(c1ccc2c(C(N)=O)coc2c1)S(C)(=O)=O. The van der Waals surface area contributed by atoms with Gasteiger partial charge in [-0.3, -0.25) is 9.10 Å². The van der Waals surface area contributed by atoms with Crippen molar-refractivity contribution in [2.45, 2.75) is 0 Å². The van der Waals surface area contributed by atoms with Gasteiger partial charge in [0.2, 0.25) is 10.0 Å². The summed E-state index contributed by atoms with van der Waals surface area (Å²) in [6.45, 7) is 0. The number of primary amides is 1. The Labute approximate surface area is 104 Å². The Hall–Kier alpha value is -2.02. The standard InChI is InChI=1S/C11H12N2O4S/c1-13(18(2,15)16)7-3-4-8-9(11(12)14)6-17-10(8)5-7/h3-6H,1-2H3,(H2,12,14). The summed E-state index contributed by atoms with van der Waals surface area (Å²) < 4.78 is 29.1. The summed E-state index contributed by atoms with van der Waals surface area (Å²) >= 11 is 0. The molecule has 1 heterocycles. The first-order valence-electron chi connectivity index (χ1n) is 5.05. The molecule has 7 heteroatoms. The molecule has 0 aliphatic carbocycles. The van der Waals surface area contributed by atoms with E-state index in [0.717, 1.165) is 10.6 Å². The highest BCUT2D eigenvalue weighted by Crippen LogP contribution is 2.26. The van der Waals surface area contributed by atoms with Gasteiger partial charge >= 0.3 is 0 Å². The van der Waals surface area contributed by atoms with E-state index in [4.69, 9.17) is 10.2 Å². The summed E-state index contributed by atoms with van der Waals surface area (Å²) in [5, 5.41) is 0.563. The van der Waals surface area contributed by atoms with Crippen LogP contribution in [0.2, 0.25) is 0 Å². The molecule has 6 nitrogen and oxygen atoms in total. The minimum Gasteiger partial charge on any atom is -0.463 e. The van der Waals surface area contributed by atoms with Crippen LogP contribution in [-0.4, -0.2) is 27.6 Å². The predicted molar refractivity (Wildman–Crippen MR) is 68.0 cm³/mol. The second-order valence-electron chi connectivity index (χ2n) is 3.92. The molecule has 0 unspecified atom stereocenters. The van der Waals surface area contributed by atoms with E-state index in [1.807, 2.05) is 0 Å². The van der Waals surface area contributed by atoms with Gasteiger partial charge in [0.15, 0.2) is 0 Å². The highest BCUT2D eigenvalue weighted by molar-refractivity contribution is 7.92. The molecular formula is C11H12N2O4S. The van der Waals surface area contributed by atoms with Crippen LogP contribution >= 0.6 is 0 Å². The summed E-state index contributed by atoms with van der Waals surface area (Å²) in [5.74, 6) is -0.585. The van der Waals surface area contributed by atoms with Gasteiger partial charge in [-0.15, -0.1) is 0 Å². The summed E-state index contributed by atoms with van der Waals surface area (Å²) in [7, 11) is -1.90. The van der Waals surface area contributed by atoms with Crippen LogP contribution in [0.1, 0.15) is 10.4 Å². The van der Waals surface area contributed by atoms with E-state index in [-0.39, 0.29) is 5.56 Å². The number of carbonyl (C=O) groups is 1. The Morgan fingerprint density at radius 1 is 1.39 bits per heavy atom. The van der Waals surface area contributed by atoms with Crippen molar-refractivity contribution in [3.05, 3.63) is 30.0 Å². The lowest BCUT2D eigenvalue weighted by Crippen LogP contribution is -2.24. The zero-order valence-corrected chi connectivity index (χ0v) is 10.7. The first-order chi connectivity index (χ1) is 8.30. The number of hydrogen-bond acceptors (Lipinski definition) is 4. The normalized spacial score (nSPS) is 11.7. The molecule has 0 aliphatic rings. The maximum atomic E-state index is 11.4. The van der Waals surface area contributed by atoms with Crippen molar-refractivity contribution >= 4 is 32.6 Å². The number of sulfonamides is 1. The average molecular weight is 268 g/mol. The van der Waals surface area contributed by atoms with E-state index in [1.165, 1.54) is 13.3 Å². The largest absolute Gasteiger partial charge is 0.463 e. The van der Waals surface area contributed by atoms with Crippen LogP contribution in [0.3, 0.4) is 0 Å². The van der Waals surface area contributed by atoms with Crippen molar-refractivity contribution in [2.75, 3.05) is 17.6 Å². The lowest BCUT2D eigenvalue weighted by atomic mass is 10.1. The molecule has 1 aromatic carbocycles. The monoisotopic (exact) mass is 268 g/mol. The van der Waals surface area contributed by atoms with Gasteiger partial charge in [0.25, 0.3) is 5.91 Å². The highest BCUT2D eigenvalue weighted by atomic mass is 32.2. The molecule has 2 aromatic rings. The van der Waals surface area contributed by atoms with E-state index in [1.54, 1.807) is 18.2 Å². The molecule has 0 atom stereocenters. The molecule has 0 saturated carbocycles.